The summed E-state index contributed by atoms with van der Waals surface area (Å²) in [5.41, 5.74) is 4.93. The predicted octanol–water partition coefficient (Wildman–Crippen LogP) is 5.37. The fourth-order valence-electron chi connectivity index (χ4n) is 3.75. The summed E-state index contributed by atoms with van der Waals surface area (Å²) in [4.78, 5) is 9.70. The van der Waals surface area contributed by atoms with Crippen LogP contribution < -0.4 is 9.80 Å². The van der Waals surface area contributed by atoms with Crippen LogP contribution in [0.3, 0.4) is 0 Å². The number of rotatable bonds is 7. The zero-order chi connectivity index (χ0) is 17.5. The first-order chi connectivity index (χ1) is 12.3. The van der Waals surface area contributed by atoms with Crippen molar-refractivity contribution in [1.29, 1.82) is 0 Å². The number of anilines is 2. The predicted molar refractivity (Wildman–Crippen MR) is 109 cm³/mol. The van der Waals surface area contributed by atoms with Gasteiger partial charge in [0.1, 0.15) is 0 Å². The van der Waals surface area contributed by atoms with E-state index in [0.717, 1.165) is 31.6 Å². The highest BCUT2D eigenvalue weighted by molar-refractivity contribution is 5.76. The minimum atomic E-state index is 1.08. The summed E-state index contributed by atoms with van der Waals surface area (Å²) in [6, 6.07) is 13.3. The van der Waals surface area contributed by atoms with Gasteiger partial charge in [-0.05, 0) is 56.4 Å². The molecule has 0 radical (unpaired) electrons. The van der Waals surface area contributed by atoms with Crippen LogP contribution in [0.2, 0.25) is 0 Å². The van der Waals surface area contributed by atoms with Crippen LogP contribution in [-0.2, 0) is 0 Å². The van der Waals surface area contributed by atoms with Gasteiger partial charge in [-0.15, -0.1) is 0 Å². The minimum Gasteiger partial charge on any atom is -0.372 e. The Hall–Kier alpha value is -2.03. The van der Waals surface area contributed by atoms with Crippen molar-refractivity contribution < 1.29 is 0 Å². The molecule has 3 heteroatoms. The number of pyridine rings is 1. The summed E-state index contributed by atoms with van der Waals surface area (Å²) >= 11 is 0. The summed E-state index contributed by atoms with van der Waals surface area (Å²) in [7, 11) is 0. The van der Waals surface area contributed by atoms with Crippen LogP contribution in [0.4, 0.5) is 11.4 Å². The molecule has 0 N–H and O–H groups in total. The maximum Gasteiger partial charge on any atom is 0.0935 e. The van der Waals surface area contributed by atoms with Crippen molar-refractivity contribution in [2.24, 2.45) is 0 Å². The molecule has 0 aliphatic carbocycles. The van der Waals surface area contributed by atoms with E-state index in [9.17, 15) is 0 Å². The minimum absolute atomic E-state index is 1.08. The number of nitrogens with zero attached hydrogens (tertiary/aromatic N) is 3. The summed E-state index contributed by atoms with van der Waals surface area (Å²) in [6.07, 6.45) is 8.22. The Morgan fingerprint density at radius 3 is 2.24 bits per heavy atom. The van der Waals surface area contributed by atoms with E-state index in [4.69, 9.17) is 4.98 Å². The van der Waals surface area contributed by atoms with E-state index in [1.165, 1.54) is 49.3 Å². The van der Waals surface area contributed by atoms with E-state index in [2.05, 4.69) is 60.0 Å². The first-order valence-electron chi connectivity index (χ1n) is 9.88. The Kier molecular flexibility index (Phi) is 6.32. The largest absolute Gasteiger partial charge is 0.372 e. The molecule has 1 aliphatic rings. The van der Waals surface area contributed by atoms with Gasteiger partial charge in [-0.1, -0.05) is 26.0 Å². The molecule has 134 valence electrons. The highest BCUT2D eigenvalue weighted by Gasteiger charge is 2.14. The first kappa shape index (κ1) is 17.8. The Labute approximate surface area is 152 Å². The molecule has 0 saturated carbocycles. The molecular formula is C22H31N3. The van der Waals surface area contributed by atoms with Gasteiger partial charge >= 0.3 is 0 Å². The molecule has 1 fully saturated rings. The van der Waals surface area contributed by atoms with Crippen molar-refractivity contribution in [2.75, 3.05) is 36.0 Å². The Balaban J connectivity index is 1.86. The van der Waals surface area contributed by atoms with Gasteiger partial charge in [-0.3, -0.25) is 4.98 Å². The zero-order valence-electron chi connectivity index (χ0n) is 15.7. The van der Waals surface area contributed by atoms with Gasteiger partial charge in [-0.25, -0.2) is 0 Å². The Morgan fingerprint density at radius 2 is 1.60 bits per heavy atom. The fraction of sp³-hybridized carbons (Fsp3) is 0.500. The third-order valence-electron chi connectivity index (χ3n) is 4.98. The van der Waals surface area contributed by atoms with E-state index < -0.39 is 0 Å². The zero-order valence-corrected chi connectivity index (χ0v) is 15.7. The average molecular weight is 338 g/mol. The Morgan fingerprint density at radius 1 is 0.920 bits per heavy atom. The van der Waals surface area contributed by atoms with Crippen molar-refractivity contribution in [3.63, 3.8) is 0 Å². The van der Waals surface area contributed by atoms with Gasteiger partial charge in [0.2, 0.25) is 0 Å². The van der Waals surface area contributed by atoms with Crippen molar-refractivity contribution in [1.82, 2.24) is 4.98 Å². The second-order valence-corrected chi connectivity index (χ2v) is 6.95. The molecule has 0 unspecified atom stereocenters. The topological polar surface area (TPSA) is 19.4 Å². The molecule has 1 saturated heterocycles. The number of hydrogen-bond acceptors (Lipinski definition) is 3. The molecule has 1 aliphatic heterocycles. The van der Waals surface area contributed by atoms with Gasteiger partial charge in [0.15, 0.2) is 0 Å². The normalized spacial score (nSPS) is 14.6. The average Bonchev–Trinajstić information content (AvgIpc) is 2.69. The molecule has 0 amide bonds. The fourth-order valence-corrected chi connectivity index (χ4v) is 3.75. The molecule has 1 aromatic heterocycles. The van der Waals surface area contributed by atoms with Crippen LogP contribution >= 0.6 is 0 Å². The smallest absolute Gasteiger partial charge is 0.0935 e. The van der Waals surface area contributed by atoms with E-state index in [0.29, 0.717) is 0 Å². The quantitative estimate of drug-likeness (QED) is 0.677. The number of benzene rings is 1. The van der Waals surface area contributed by atoms with Crippen LogP contribution in [0, 0.1) is 0 Å². The van der Waals surface area contributed by atoms with Crippen molar-refractivity contribution in [2.45, 2.75) is 46.0 Å². The monoisotopic (exact) mass is 337 g/mol. The number of hydrogen-bond donors (Lipinski definition) is 0. The molecule has 2 aromatic rings. The lowest BCUT2D eigenvalue weighted by Crippen LogP contribution is -2.29. The highest BCUT2D eigenvalue weighted by atomic mass is 15.1. The second kappa shape index (κ2) is 8.89. The molecule has 1 aromatic carbocycles. The van der Waals surface area contributed by atoms with Crippen LogP contribution in [0.1, 0.15) is 46.0 Å². The maximum atomic E-state index is 4.72. The molecule has 25 heavy (non-hydrogen) atoms. The van der Waals surface area contributed by atoms with Crippen molar-refractivity contribution in [3.8, 4) is 11.3 Å². The number of piperidine rings is 1. The van der Waals surface area contributed by atoms with E-state index >= 15 is 0 Å². The lowest BCUT2D eigenvalue weighted by atomic mass is 10.1. The molecular weight excluding hydrogens is 306 g/mol. The van der Waals surface area contributed by atoms with E-state index in [1.807, 2.05) is 6.20 Å². The summed E-state index contributed by atoms with van der Waals surface area (Å²) in [5, 5.41) is 0. The summed E-state index contributed by atoms with van der Waals surface area (Å²) in [6.45, 7) is 9.03. The van der Waals surface area contributed by atoms with Gasteiger partial charge in [-0.2, -0.15) is 0 Å². The molecule has 0 atom stereocenters. The SMILES string of the molecule is CCCN(CCC)c1cccnc1-c1ccc(N2CCCCC2)cc1. The van der Waals surface area contributed by atoms with E-state index in [1.54, 1.807) is 0 Å². The van der Waals surface area contributed by atoms with Gasteiger partial charge in [0.25, 0.3) is 0 Å². The van der Waals surface area contributed by atoms with E-state index in [-0.39, 0.29) is 0 Å². The second-order valence-electron chi connectivity index (χ2n) is 6.95. The van der Waals surface area contributed by atoms with Crippen LogP contribution in [-0.4, -0.2) is 31.2 Å². The van der Waals surface area contributed by atoms with Gasteiger partial charge < -0.3 is 9.80 Å². The lowest BCUT2D eigenvalue weighted by Gasteiger charge is -2.29. The van der Waals surface area contributed by atoms with Crippen molar-refractivity contribution >= 4 is 11.4 Å². The molecule has 3 rings (SSSR count). The number of aromatic nitrogens is 1. The first-order valence-corrected chi connectivity index (χ1v) is 9.88. The maximum absolute atomic E-state index is 4.72. The highest BCUT2D eigenvalue weighted by Crippen LogP contribution is 2.31. The molecule has 2 heterocycles. The van der Waals surface area contributed by atoms with Gasteiger partial charge in [0.05, 0.1) is 11.4 Å². The summed E-state index contributed by atoms with van der Waals surface area (Å²) in [5.74, 6) is 0. The summed E-state index contributed by atoms with van der Waals surface area (Å²) < 4.78 is 0. The molecule has 0 spiro atoms. The van der Waals surface area contributed by atoms with Gasteiger partial charge in [0, 0.05) is 43.6 Å². The van der Waals surface area contributed by atoms with Crippen molar-refractivity contribution in [3.05, 3.63) is 42.6 Å². The Bertz CT molecular complexity index is 639. The van der Waals surface area contributed by atoms with Crippen LogP contribution in [0.25, 0.3) is 11.3 Å². The molecule has 3 nitrogen and oxygen atoms in total. The van der Waals surface area contributed by atoms with Crippen LogP contribution in [0.5, 0.6) is 0 Å². The molecule has 0 bridgehead atoms. The standard InChI is InChI=1S/C22H31N3/c1-3-15-25(16-4-2)21-9-8-14-23-22(21)19-10-12-20(13-11-19)24-17-6-5-7-18-24/h8-14H,3-7,15-18H2,1-2H3. The lowest BCUT2D eigenvalue weighted by molar-refractivity contribution is 0.578. The third kappa shape index (κ3) is 4.33. The third-order valence-corrected chi connectivity index (χ3v) is 4.98. The van der Waals surface area contributed by atoms with Crippen LogP contribution in [0.15, 0.2) is 42.6 Å².